The number of carbonyl (C=O) groups excluding carboxylic acids is 1. The van der Waals surface area contributed by atoms with Gasteiger partial charge in [0.25, 0.3) is 0 Å². The quantitative estimate of drug-likeness (QED) is 0.790. The standard InChI is InChI=1S/C14H26N2O3S/c1-10-6-4-5-7-12(10)16(2)14(19)15-11(13(17)18)8-9-20-3/h10-12H,4-9H2,1-3H3,(H,15,19)(H,17,18)/t10?,11-,12?/m1/s1. The van der Waals surface area contributed by atoms with Crippen molar-refractivity contribution >= 4 is 23.8 Å². The molecule has 0 aromatic rings. The van der Waals surface area contributed by atoms with Crippen molar-refractivity contribution in [3.8, 4) is 0 Å². The number of rotatable bonds is 6. The molecule has 116 valence electrons. The molecule has 0 radical (unpaired) electrons. The van der Waals surface area contributed by atoms with E-state index in [1.54, 1.807) is 23.7 Å². The van der Waals surface area contributed by atoms with Gasteiger partial charge in [0, 0.05) is 13.1 Å². The van der Waals surface area contributed by atoms with E-state index in [9.17, 15) is 9.59 Å². The molecule has 1 fully saturated rings. The van der Waals surface area contributed by atoms with E-state index in [-0.39, 0.29) is 12.1 Å². The largest absolute Gasteiger partial charge is 0.480 e. The van der Waals surface area contributed by atoms with Crippen molar-refractivity contribution in [3.05, 3.63) is 0 Å². The summed E-state index contributed by atoms with van der Waals surface area (Å²) in [6.07, 6.45) is 6.89. The van der Waals surface area contributed by atoms with Crippen molar-refractivity contribution in [1.82, 2.24) is 10.2 Å². The van der Waals surface area contributed by atoms with Gasteiger partial charge in [0.05, 0.1) is 0 Å². The smallest absolute Gasteiger partial charge is 0.326 e. The molecule has 5 nitrogen and oxygen atoms in total. The maximum absolute atomic E-state index is 12.2. The van der Waals surface area contributed by atoms with Gasteiger partial charge < -0.3 is 15.3 Å². The number of hydrogen-bond donors (Lipinski definition) is 2. The highest BCUT2D eigenvalue weighted by molar-refractivity contribution is 7.98. The van der Waals surface area contributed by atoms with Crippen molar-refractivity contribution in [2.75, 3.05) is 19.1 Å². The Morgan fingerprint density at radius 1 is 1.40 bits per heavy atom. The molecule has 3 atom stereocenters. The zero-order valence-corrected chi connectivity index (χ0v) is 13.4. The summed E-state index contributed by atoms with van der Waals surface area (Å²) in [5.41, 5.74) is 0. The number of nitrogens with one attached hydrogen (secondary N) is 1. The van der Waals surface area contributed by atoms with Crippen molar-refractivity contribution in [2.24, 2.45) is 5.92 Å². The van der Waals surface area contributed by atoms with Crippen LogP contribution < -0.4 is 5.32 Å². The second-order valence-corrected chi connectivity index (χ2v) is 6.55. The predicted octanol–water partition coefficient (Wildman–Crippen LogP) is 2.41. The van der Waals surface area contributed by atoms with E-state index in [4.69, 9.17) is 5.11 Å². The minimum Gasteiger partial charge on any atom is -0.480 e. The first-order chi connectivity index (χ1) is 9.47. The van der Waals surface area contributed by atoms with Crippen LogP contribution in [-0.2, 0) is 4.79 Å². The van der Waals surface area contributed by atoms with Gasteiger partial charge in [-0.25, -0.2) is 9.59 Å². The molecule has 2 unspecified atom stereocenters. The summed E-state index contributed by atoms with van der Waals surface area (Å²) in [4.78, 5) is 25.1. The number of amides is 2. The minimum atomic E-state index is -0.961. The molecule has 6 heteroatoms. The molecule has 0 bridgehead atoms. The molecule has 0 spiro atoms. The fourth-order valence-corrected chi connectivity index (χ4v) is 3.24. The van der Waals surface area contributed by atoms with Gasteiger partial charge >= 0.3 is 12.0 Å². The maximum atomic E-state index is 12.2. The van der Waals surface area contributed by atoms with Crippen LogP contribution in [0.4, 0.5) is 4.79 Å². The number of hydrogen-bond acceptors (Lipinski definition) is 3. The summed E-state index contributed by atoms with van der Waals surface area (Å²) in [7, 11) is 1.77. The topological polar surface area (TPSA) is 69.6 Å². The highest BCUT2D eigenvalue weighted by Gasteiger charge is 2.29. The van der Waals surface area contributed by atoms with Gasteiger partial charge in [0.1, 0.15) is 6.04 Å². The number of carboxylic acid groups (broad SMARTS) is 1. The fourth-order valence-electron chi connectivity index (χ4n) is 2.77. The lowest BCUT2D eigenvalue weighted by Gasteiger charge is -2.36. The third-order valence-corrected chi connectivity index (χ3v) is 4.73. The van der Waals surface area contributed by atoms with Crippen LogP contribution in [0, 0.1) is 5.92 Å². The lowest BCUT2D eigenvalue weighted by molar-refractivity contribution is -0.139. The summed E-state index contributed by atoms with van der Waals surface area (Å²) < 4.78 is 0. The number of carboxylic acids is 1. The third-order valence-electron chi connectivity index (χ3n) is 4.09. The second kappa shape index (κ2) is 8.39. The molecular weight excluding hydrogens is 276 g/mol. The van der Waals surface area contributed by atoms with Crippen LogP contribution in [0.25, 0.3) is 0 Å². The van der Waals surface area contributed by atoms with Gasteiger partial charge in [-0.05, 0) is 37.2 Å². The van der Waals surface area contributed by atoms with Gasteiger partial charge in [-0.1, -0.05) is 19.8 Å². The van der Waals surface area contributed by atoms with E-state index < -0.39 is 12.0 Å². The lowest BCUT2D eigenvalue weighted by Crippen LogP contribution is -2.52. The van der Waals surface area contributed by atoms with Crippen LogP contribution in [0.1, 0.15) is 39.0 Å². The van der Waals surface area contributed by atoms with E-state index in [2.05, 4.69) is 12.2 Å². The maximum Gasteiger partial charge on any atom is 0.326 e. The number of thioether (sulfide) groups is 1. The van der Waals surface area contributed by atoms with E-state index in [1.807, 2.05) is 6.26 Å². The summed E-state index contributed by atoms with van der Waals surface area (Å²) in [5.74, 6) is 0.243. The molecular formula is C14H26N2O3S. The van der Waals surface area contributed by atoms with Gasteiger partial charge in [0.15, 0.2) is 0 Å². The predicted molar refractivity (Wildman–Crippen MR) is 82.1 cm³/mol. The molecule has 0 heterocycles. The first-order valence-corrected chi connectivity index (χ1v) is 8.61. The van der Waals surface area contributed by atoms with Gasteiger partial charge in [-0.15, -0.1) is 0 Å². The Bertz CT molecular complexity index is 338. The van der Waals surface area contributed by atoms with Crippen LogP contribution in [0.3, 0.4) is 0 Å². The second-order valence-electron chi connectivity index (χ2n) is 5.56. The Labute approximate surface area is 125 Å². The summed E-state index contributed by atoms with van der Waals surface area (Å²) >= 11 is 1.58. The highest BCUT2D eigenvalue weighted by Crippen LogP contribution is 2.27. The van der Waals surface area contributed by atoms with Crippen molar-refractivity contribution < 1.29 is 14.7 Å². The zero-order valence-electron chi connectivity index (χ0n) is 12.6. The molecule has 0 aromatic heterocycles. The Morgan fingerprint density at radius 2 is 2.05 bits per heavy atom. The molecule has 0 aromatic carbocycles. The fraction of sp³-hybridized carbons (Fsp3) is 0.857. The van der Waals surface area contributed by atoms with Crippen molar-refractivity contribution in [1.29, 1.82) is 0 Å². The minimum absolute atomic E-state index is 0.221. The van der Waals surface area contributed by atoms with Crippen LogP contribution in [-0.4, -0.2) is 53.1 Å². The zero-order chi connectivity index (χ0) is 15.1. The van der Waals surface area contributed by atoms with E-state index in [1.165, 1.54) is 6.42 Å². The molecule has 1 saturated carbocycles. The third kappa shape index (κ3) is 4.89. The SMILES string of the molecule is CSCC[C@@H](NC(=O)N(C)C1CCCCC1C)C(=O)O. The van der Waals surface area contributed by atoms with Crippen molar-refractivity contribution in [3.63, 3.8) is 0 Å². The summed E-state index contributed by atoms with van der Waals surface area (Å²) in [6, 6.07) is -0.840. The normalized spacial score (nSPS) is 23.9. The Hall–Kier alpha value is -0.910. The lowest BCUT2D eigenvalue weighted by atomic mass is 9.85. The van der Waals surface area contributed by atoms with Gasteiger partial charge in [-0.2, -0.15) is 11.8 Å². The molecule has 20 heavy (non-hydrogen) atoms. The van der Waals surface area contributed by atoms with Gasteiger partial charge in [-0.3, -0.25) is 0 Å². The van der Waals surface area contributed by atoms with Crippen LogP contribution in [0.15, 0.2) is 0 Å². The Balaban J connectivity index is 2.56. The molecule has 1 rings (SSSR count). The first kappa shape index (κ1) is 17.1. The van der Waals surface area contributed by atoms with E-state index >= 15 is 0 Å². The molecule has 0 aliphatic heterocycles. The average Bonchev–Trinajstić information content (AvgIpc) is 2.42. The number of carbonyl (C=O) groups is 2. The van der Waals surface area contributed by atoms with Gasteiger partial charge in [0.2, 0.25) is 0 Å². The molecule has 0 saturated heterocycles. The van der Waals surface area contributed by atoms with Crippen LogP contribution in [0.2, 0.25) is 0 Å². The monoisotopic (exact) mass is 302 g/mol. The summed E-state index contributed by atoms with van der Waals surface area (Å²) in [6.45, 7) is 2.16. The molecule has 2 amide bonds. The number of nitrogens with zero attached hydrogens (tertiary/aromatic N) is 1. The molecule has 2 N–H and O–H groups in total. The molecule has 1 aliphatic rings. The van der Waals surface area contributed by atoms with Crippen molar-refractivity contribution in [2.45, 2.75) is 51.1 Å². The Morgan fingerprint density at radius 3 is 2.60 bits per heavy atom. The van der Waals surface area contributed by atoms with Crippen LogP contribution >= 0.6 is 11.8 Å². The summed E-state index contributed by atoms with van der Waals surface area (Å²) in [5, 5.41) is 11.8. The van der Waals surface area contributed by atoms with Crippen LogP contribution in [0.5, 0.6) is 0 Å². The highest BCUT2D eigenvalue weighted by atomic mass is 32.2. The number of aliphatic carboxylic acids is 1. The van der Waals surface area contributed by atoms with E-state index in [0.29, 0.717) is 12.3 Å². The Kier molecular flexibility index (Phi) is 7.19. The van der Waals surface area contributed by atoms with E-state index in [0.717, 1.165) is 25.0 Å². The average molecular weight is 302 g/mol. The first-order valence-electron chi connectivity index (χ1n) is 7.22. The number of urea groups is 1. The molecule has 1 aliphatic carbocycles.